The Morgan fingerprint density at radius 3 is 2.60 bits per heavy atom. The summed E-state index contributed by atoms with van der Waals surface area (Å²) in [5, 5.41) is 10.4. The zero-order chi connectivity index (χ0) is 10.7. The van der Waals surface area contributed by atoms with Crippen LogP contribution in [0.15, 0.2) is 24.3 Å². The SMILES string of the molecule is CCCc1nnc(-c2ccc(N)cc2)s1. The molecule has 0 aliphatic heterocycles. The molecule has 2 aromatic rings. The van der Waals surface area contributed by atoms with Gasteiger partial charge in [0.05, 0.1) is 0 Å². The maximum atomic E-state index is 5.63. The smallest absolute Gasteiger partial charge is 0.147 e. The van der Waals surface area contributed by atoms with Crippen molar-refractivity contribution >= 4 is 17.0 Å². The molecule has 2 rings (SSSR count). The fraction of sp³-hybridized carbons (Fsp3) is 0.273. The summed E-state index contributed by atoms with van der Waals surface area (Å²) < 4.78 is 0. The van der Waals surface area contributed by atoms with Crippen molar-refractivity contribution in [3.05, 3.63) is 29.3 Å². The summed E-state index contributed by atoms with van der Waals surface area (Å²) in [7, 11) is 0. The molecule has 0 fully saturated rings. The Morgan fingerprint density at radius 2 is 1.93 bits per heavy atom. The molecule has 0 aliphatic carbocycles. The van der Waals surface area contributed by atoms with Crippen LogP contribution < -0.4 is 5.73 Å². The van der Waals surface area contributed by atoms with Crippen molar-refractivity contribution in [3.63, 3.8) is 0 Å². The Bertz CT molecular complexity index is 433. The highest BCUT2D eigenvalue weighted by atomic mass is 32.1. The maximum absolute atomic E-state index is 5.63. The molecule has 0 amide bonds. The second-order valence-electron chi connectivity index (χ2n) is 3.37. The highest BCUT2D eigenvalue weighted by Gasteiger charge is 2.05. The highest BCUT2D eigenvalue weighted by molar-refractivity contribution is 7.14. The minimum absolute atomic E-state index is 0.775. The van der Waals surface area contributed by atoms with Crippen molar-refractivity contribution in [3.8, 4) is 10.6 Å². The van der Waals surface area contributed by atoms with E-state index in [4.69, 9.17) is 5.73 Å². The van der Waals surface area contributed by atoms with Gasteiger partial charge < -0.3 is 5.73 Å². The summed E-state index contributed by atoms with van der Waals surface area (Å²) in [4.78, 5) is 0. The van der Waals surface area contributed by atoms with Crippen molar-refractivity contribution in [2.75, 3.05) is 5.73 Å². The molecule has 0 saturated carbocycles. The Morgan fingerprint density at radius 1 is 1.20 bits per heavy atom. The van der Waals surface area contributed by atoms with Gasteiger partial charge in [-0.1, -0.05) is 18.3 Å². The van der Waals surface area contributed by atoms with E-state index >= 15 is 0 Å². The maximum Gasteiger partial charge on any atom is 0.147 e. The first-order chi connectivity index (χ1) is 7.29. The van der Waals surface area contributed by atoms with E-state index in [9.17, 15) is 0 Å². The van der Waals surface area contributed by atoms with Crippen LogP contribution in [-0.2, 0) is 6.42 Å². The molecular weight excluding hydrogens is 206 g/mol. The molecule has 0 unspecified atom stereocenters. The number of aromatic nitrogens is 2. The van der Waals surface area contributed by atoms with E-state index in [0.29, 0.717) is 0 Å². The number of hydrogen-bond acceptors (Lipinski definition) is 4. The van der Waals surface area contributed by atoms with Gasteiger partial charge in [0.25, 0.3) is 0 Å². The molecule has 3 nitrogen and oxygen atoms in total. The van der Waals surface area contributed by atoms with E-state index in [1.54, 1.807) is 11.3 Å². The van der Waals surface area contributed by atoms with Crippen LogP contribution in [0, 0.1) is 0 Å². The first kappa shape index (κ1) is 10.1. The van der Waals surface area contributed by atoms with E-state index < -0.39 is 0 Å². The molecule has 4 heteroatoms. The summed E-state index contributed by atoms with van der Waals surface area (Å²) >= 11 is 1.65. The Kier molecular flexibility index (Phi) is 2.97. The minimum Gasteiger partial charge on any atom is -0.399 e. The van der Waals surface area contributed by atoms with E-state index in [2.05, 4.69) is 17.1 Å². The Labute approximate surface area is 93.0 Å². The van der Waals surface area contributed by atoms with E-state index in [1.165, 1.54) is 0 Å². The normalized spacial score (nSPS) is 10.5. The van der Waals surface area contributed by atoms with E-state index in [-0.39, 0.29) is 0 Å². The lowest BCUT2D eigenvalue weighted by Gasteiger charge is -1.95. The third kappa shape index (κ3) is 2.33. The van der Waals surface area contributed by atoms with Gasteiger partial charge in [0.1, 0.15) is 10.0 Å². The number of anilines is 1. The lowest BCUT2D eigenvalue weighted by molar-refractivity contribution is 0.879. The van der Waals surface area contributed by atoms with Gasteiger partial charge in [0, 0.05) is 17.7 Å². The lowest BCUT2D eigenvalue weighted by Crippen LogP contribution is -1.83. The fourth-order valence-electron chi connectivity index (χ4n) is 1.31. The molecule has 0 bridgehead atoms. The first-order valence-electron chi connectivity index (χ1n) is 4.98. The number of benzene rings is 1. The van der Waals surface area contributed by atoms with Crippen LogP contribution in [0.25, 0.3) is 10.6 Å². The van der Waals surface area contributed by atoms with Crippen molar-refractivity contribution in [1.82, 2.24) is 10.2 Å². The fourth-order valence-corrected chi connectivity index (χ4v) is 2.26. The lowest BCUT2D eigenvalue weighted by atomic mass is 10.2. The average Bonchev–Trinajstić information content (AvgIpc) is 2.68. The summed E-state index contributed by atoms with van der Waals surface area (Å²) in [6, 6.07) is 7.73. The van der Waals surface area contributed by atoms with Gasteiger partial charge in [-0.3, -0.25) is 0 Å². The van der Waals surface area contributed by atoms with Crippen LogP contribution in [0.1, 0.15) is 18.4 Å². The van der Waals surface area contributed by atoms with Crippen LogP contribution in [0.2, 0.25) is 0 Å². The molecule has 0 saturated heterocycles. The quantitative estimate of drug-likeness (QED) is 0.807. The predicted molar refractivity (Wildman–Crippen MR) is 63.8 cm³/mol. The Hall–Kier alpha value is -1.42. The molecular formula is C11H13N3S. The highest BCUT2D eigenvalue weighted by Crippen LogP contribution is 2.24. The van der Waals surface area contributed by atoms with Crippen molar-refractivity contribution in [2.45, 2.75) is 19.8 Å². The summed E-state index contributed by atoms with van der Waals surface area (Å²) in [5.74, 6) is 0. The molecule has 15 heavy (non-hydrogen) atoms. The number of nitrogen functional groups attached to an aromatic ring is 1. The van der Waals surface area contributed by atoms with Crippen LogP contribution in [-0.4, -0.2) is 10.2 Å². The van der Waals surface area contributed by atoms with E-state index in [1.807, 2.05) is 24.3 Å². The molecule has 1 aromatic heterocycles. The predicted octanol–water partition coefficient (Wildman–Crippen LogP) is 2.74. The van der Waals surface area contributed by atoms with Gasteiger partial charge >= 0.3 is 0 Å². The van der Waals surface area contributed by atoms with Crippen LogP contribution in [0.5, 0.6) is 0 Å². The first-order valence-corrected chi connectivity index (χ1v) is 5.79. The van der Waals surface area contributed by atoms with Crippen molar-refractivity contribution < 1.29 is 0 Å². The van der Waals surface area contributed by atoms with Gasteiger partial charge in [-0.25, -0.2) is 0 Å². The van der Waals surface area contributed by atoms with Gasteiger partial charge in [0.2, 0.25) is 0 Å². The molecule has 0 atom stereocenters. The zero-order valence-corrected chi connectivity index (χ0v) is 9.42. The third-order valence-corrected chi connectivity index (χ3v) is 3.12. The number of rotatable bonds is 3. The molecule has 78 valence electrons. The number of aryl methyl sites for hydroxylation is 1. The Balaban J connectivity index is 2.25. The summed E-state index contributed by atoms with van der Waals surface area (Å²) in [5.41, 5.74) is 7.49. The standard InChI is InChI=1S/C11H13N3S/c1-2-3-10-13-14-11(15-10)8-4-6-9(12)7-5-8/h4-7H,2-3,12H2,1H3. The molecule has 0 spiro atoms. The van der Waals surface area contributed by atoms with Gasteiger partial charge in [-0.15, -0.1) is 10.2 Å². The van der Waals surface area contributed by atoms with Crippen molar-refractivity contribution in [2.24, 2.45) is 0 Å². The third-order valence-electron chi connectivity index (χ3n) is 2.09. The van der Waals surface area contributed by atoms with Gasteiger partial charge in [0.15, 0.2) is 0 Å². The van der Waals surface area contributed by atoms with Crippen molar-refractivity contribution in [1.29, 1.82) is 0 Å². The number of nitrogens with two attached hydrogens (primary N) is 1. The summed E-state index contributed by atoms with van der Waals surface area (Å²) in [6.45, 7) is 2.14. The molecule has 2 N–H and O–H groups in total. The topological polar surface area (TPSA) is 51.8 Å². The number of hydrogen-bond donors (Lipinski definition) is 1. The van der Waals surface area contributed by atoms with Crippen LogP contribution >= 0.6 is 11.3 Å². The molecule has 1 heterocycles. The number of nitrogens with zero attached hydrogens (tertiary/aromatic N) is 2. The molecule has 0 aliphatic rings. The summed E-state index contributed by atoms with van der Waals surface area (Å²) in [6.07, 6.45) is 2.11. The van der Waals surface area contributed by atoms with Crippen LogP contribution in [0.3, 0.4) is 0 Å². The zero-order valence-electron chi connectivity index (χ0n) is 8.60. The minimum atomic E-state index is 0.775. The van der Waals surface area contributed by atoms with Gasteiger partial charge in [-0.2, -0.15) is 0 Å². The average molecular weight is 219 g/mol. The van der Waals surface area contributed by atoms with E-state index in [0.717, 1.165) is 34.1 Å². The molecule has 1 aromatic carbocycles. The molecule has 0 radical (unpaired) electrons. The van der Waals surface area contributed by atoms with Crippen LogP contribution in [0.4, 0.5) is 5.69 Å². The second-order valence-corrected chi connectivity index (χ2v) is 4.44. The monoisotopic (exact) mass is 219 g/mol. The van der Waals surface area contributed by atoms with Gasteiger partial charge in [-0.05, 0) is 30.7 Å². The second kappa shape index (κ2) is 4.40. The largest absolute Gasteiger partial charge is 0.399 e.